The summed E-state index contributed by atoms with van der Waals surface area (Å²) in [6.45, 7) is 0.751. The summed E-state index contributed by atoms with van der Waals surface area (Å²) >= 11 is 2.29. The minimum absolute atomic E-state index is 0.751. The fourth-order valence-corrected chi connectivity index (χ4v) is 1.55. The minimum Gasteiger partial charge on any atom is -0.381 e. The molecule has 1 aromatic heterocycles. The van der Waals surface area contributed by atoms with Crippen molar-refractivity contribution in [3.05, 3.63) is 52.1 Å². The van der Waals surface area contributed by atoms with Crippen LogP contribution >= 0.6 is 22.6 Å². The largest absolute Gasteiger partial charge is 0.381 e. The second kappa shape index (κ2) is 5.06. The van der Waals surface area contributed by atoms with Gasteiger partial charge in [0.15, 0.2) is 0 Å². The number of hydrogen-bond acceptors (Lipinski definition) is 3. The van der Waals surface area contributed by atoms with Gasteiger partial charge < -0.3 is 5.32 Å². The Kier molecular flexibility index (Phi) is 3.49. The Balaban J connectivity index is 1.96. The maximum Gasteiger partial charge on any atom is 0.115 e. The van der Waals surface area contributed by atoms with Gasteiger partial charge in [0, 0.05) is 33.8 Å². The number of anilines is 1. The highest BCUT2D eigenvalue weighted by molar-refractivity contribution is 14.1. The van der Waals surface area contributed by atoms with E-state index in [1.165, 1.54) is 9.90 Å². The van der Waals surface area contributed by atoms with E-state index in [0.29, 0.717) is 0 Å². The van der Waals surface area contributed by atoms with Crippen molar-refractivity contribution in [2.45, 2.75) is 6.54 Å². The van der Waals surface area contributed by atoms with Gasteiger partial charge in [-0.3, -0.25) is 0 Å². The van der Waals surface area contributed by atoms with Crippen molar-refractivity contribution in [1.29, 1.82) is 0 Å². The molecule has 0 unspecified atom stereocenters. The molecule has 15 heavy (non-hydrogen) atoms. The highest BCUT2D eigenvalue weighted by Crippen LogP contribution is 2.11. The maximum absolute atomic E-state index is 3.96. The van der Waals surface area contributed by atoms with Gasteiger partial charge in [-0.2, -0.15) is 0 Å². The van der Waals surface area contributed by atoms with Crippen molar-refractivity contribution in [2.75, 3.05) is 5.32 Å². The van der Waals surface area contributed by atoms with Crippen LogP contribution in [0.4, 0.5) is 5.69 Å². The Morgan fingerprint density at radius 1 is 1.07 bits per heavy atom. The van der Waals surface area contributed by atoms with Crippen LogP contribution in [0.25, 0.3) is 0 Å². The summed E-state index contributed by atoms with van der Waals surface area (Å²) in [5.74, 6) is 0. The number of nitrogens with zero attached hydrogens (tertiary/aromatic N) is 2. The smallest absolute Gasteiger partial charge is 0.115 e. The number of halogens is 1. The Morgan fingerprint density at radius 2 is 1.73 bits per heavy atom. The van der Waals surface area contributed by atoms with Gasteiger partial charge in [0.1, 0.15) is 6.33 Å². The van der Waals surface area contributed by atoms with Gasteiger partial charge >= 0.3 is 0 Å². The molecular weight excluding hydrogens is 301 g/mol. The predicted molar refractivity (Wildman–Crippen MR) is 68.5 cm³/mol. The zero-order valence-electron chi connectivity index (χ0n) is 8.02. The lowest BCUT2D eigenvalue weighted by Gasteiger charge is -2.05. The lowest BCUT2D eigenvalue weighted by Crippen LogP contribution is -1.99. The van der Waals surface area contributed by atoms with E-state index in [0.717, 1.165) is 17.8 Å². The molecule has 76 valence electrons. The number of aromatic nitrogens is 2. The fraction of sp³-hybridized carbons (Fsp3) is 0.0909. The van der Waals surface area contributed by atoms with Crippen LogP contribution in [0.15, 0.2) is 43.0 Å². The molecule has 1 heterocycles. The van der Waals surface area contributed by atoms with Gasteiger partial charge in [-0.15, -0.1) is 0 Å². The first-order valence-electron chi connectivity index (χ1n) is 4.58. The van der Waals surface area contributed by atoms with Crippen molar-refractivity contribution in [3.8, 4) is 0 Å². The molecule has 0 saturated heterocycles. The third kappa shape index (κ3) is 3.16. The number of hydrogen-bond donors (Lipinski definition) is 1. The summed E-state index contributed by atoms with van der Waals surface area (Å²) in [5, 5.41) is 3.30. The molecule has 0 aliphatic rings. The second-order valence-electron chi connectivity index (χ2n) is 3.11. The molecule has 0 aliphatic heterocycles. The average molecular weight is 311 g/mol. The molecule has 0 fully saturated rings. The summed E-state index contributed by atoms with van der Waals surface area (Å²) < 4.78 is 1.24. The van der Waals surface area contributed by atoms with Gasteiger partial charge in [0.05, 0.1) is 0 Å². The van der Waals surface area contributed by atoms with Gasteiger partial charge in [0.25, 0.3) is 0 Å². The summed E-state index contributed by atoms with van der Waals surface area (Å²) in [5.41, 5.74) is 2.19. The van der Waals surface area contributed by atoms with Crippen molar-refractivity contribution in [1.82, 2.24) is 9.97 Å². The molecule has 2 rings (SSSR count). The standard InChI is InChI=1S/C11H10IN3/c12-10-1-3-11(4-2-10)15-7-9-5-13-8-14-6-9/h1-6,8,15H,7H2. The molecule has 0 amide bonds. The van der Waals surface area contributed by atoms with Crippen molar-refractivity contribution < 1.29 is 0 Å². The van der Waals surface area contributed by atoms with Crippen LogP contribution in [0.3, 0.4) is 0 Å². The lowest BCUT2D eigenvalue weighted by atomic mass is 10.3. The first kappa shape index (κ1) is 10.4. The Hall–Kier alpha value is -1.17. The molecule has 1 N–H and O–H groups in total. The van der Waals surface area contributed by atoms with Gasteiger partial charge in [-0.1, -0.05) is 0 Å². The predicted octanol–water partition coefficient (Wildman–Crippen LogP) is 2.69. The summed E-state index contributed by atoms with van der Waals surface area (Å²) in [6.07, 6.45) is 5.16. The summed E-state index contributed by atoms with van der Waals surface area (Å²) in [4.78, 5) is 7.92. The molecular formula is C11H10IN3. The van der Waals surface area contributed by atoms with E-state index < -0.39 is 0 Å². The molecule has 4 heteroatoms. The number of rotatable bonds is 3. The quantitative estimate of drug-likeness (QED) is 0.886. The van der Waals surface area contributed by atoms with Crippen LogP contribution in [0.2, 0.25) is 0 Å². The highest BCUT2D eigenvalue weighted by atomic mass is 127. The molecule has 0 saturated carbocycles. The molecule has 0 spiro atoms. The Morgan fingerprint density at radius 3 is 2.40 bits per heavy atom. The van der Waals surface area contributed by atoms with E-state index in [1.54, 1.807) is 0 Å². The normalized spacial score (nSPS) is 9.93. The minimum atomic E-state index is 0.751. The van der Waals surface area contributed by atoms with Crippen LogP contribution in [0, 0.1) is 3.57 Å². The summed E-state index contributed by atoms with van der Waals surface area (Å²) in [7, 11) is 0. The van der Waals surface area contributed by atoms with Crippen molar-refractivity contribution in [2.24, 2.45) is 0 Å². The third-order valence-corrected chi connectivity index (χ3v) is 2.67. The average Bonchev–Trinajstić information content (AvgIpc) is 2.30. The summed E-state index contributed by atoms with van der Waals surface area (Å²) in [6, 6.07) is 8.27. The van der Waals surface area contributed by atoms with Crippen LogP contribution in [-0.2, 0) is 6.54 Å². The first-order valence-corrected chi connectivity index (χ1v) is 5.66. The molecule has 0 atom stereocenters. The zero-order chi connectivity index (χ0) is 10.5. The SMILES string of the molecule is Ic1ccc(NCc2cncnc2)cc1. The molecule has 0 bridgehead atoms. The van der Waals surface area contributed by atoms with E-state index in [1.807, 2.05) is 12.4 Å². The first-order chi connectivity index (χ1) is 7.34. The van der Waals surface area contributed by atoms with Crippen LogP contribution < -0.4 is 5.32 Å². The Labute approximate surface area is 102 Å². The van der Waals surface area contributed by atoms with E-state index in [-0.39, 0.29) is 0 Å². The van der Waals surface area contributed by atoms with Crippen LogP contribution in [-0.4, -0.2) is 9.97 Å². The van der Waals surface area contributed by atoms with Crippen LogP contribution in [0.1, 0.15) is 5.56 Å². The monoisotopic (exact) mass is 311 g/mol. The van der Waals surface area contributed by atoms with Crippen molar-refractivity contribution >= 4 is 28.3 Å². The molecule has 1 aromatic carbocycles. The fourth-order valence-electron chi connectivity index (χ4n) is 1.19. The van der Waals surface area contributed by atoms with E-state index in [4.69, 9.17) is 0 Å². The topological polar surface area (TPSA) is 37.8 Å². The van der Waals surface area contributed by atoms with E-state index in [9.17, 15) is 0 Å². The van der Waals surface area contributed by atoms with Crippen LogP contribution in [0.5, 0.6) is 0 Å². The molecule has 0 aliphatic carbocycles. The van der Waals surface area contributed by atoms with Gasteiger partial charge in [0.2, 0.25) is 0 Å². The van der Waals surface area contributed by atoms with Crippen molar-refractivity contribution in [3.63, 3.8) is 0 Å². The third-order valence-electron chi connectivity index (χ3n) is 1.95. The van der Waals surface area contributed by atoms with Gasteiger partial charge in [-0.25, -0.2) is 9.97 Å². The van der Waals surface area contributed by atoms with E-state index >= 15 is 0 Å². The number of nitrogens with one attached hydrogen (secondary N) is 1. The number of benzene rings is 1. The lowest BCUT2D eigenvalue weighted by molar-refractivity contribution is 1.05. The maximum atomic E-state index is 3.96. The Bertz CT molecular complexity index is 414. The molecule has 0 radical (unpaired) electrons. The molecule has 2 aromatic rings. The highest BCUT2D eigenvalue weighted by Gasteiger charge is 1.93. The van der Waals surface area contributed by atoms with E-state index in [2.05, 4.69) is 62.1 Å². The second-order valence-corrected chi connectivity index (χ2v) is 4.35. The van der Waals surface area contributed by atoms with Gasteiger partial charge in [-0.05, 0) is 46.9 Å². The zero-order valence-corrected chi connectivity index (χ0v) is 10.2. The molecule has 3 nitrogen and oxygen atoms in total.